The van der Waals surface area contributed by atoms with Crippen LogP contribution in [0.3, 0.4) is 0 Å². The lowest BCUT2D eigenvalue weighted by Gasteiger charge is -2.15. The Bertz CT molecular complexity index is 519. The normalized spacial score (nSPS) is 11.2. The maximum atomic E-state index is 4.44. The van der Waals surface area contributed by atoms with E-state index in [1.54, 1.807) is 0 Å². The zero-order valence-corrected chi connectivity index (χ0v) is 12.6. The number of hydrogen-bond acceptors (Lipinski definition) is 3. The van der Waals surface area contributed by atoms with E-state index >= 15 is 0 Å². The van der Waals surface area contributed by atoms with E-state index in [2.05, 4.69) is 58.0 Å². The number of aryl methyl sites for hydroxylation is 1. The molecule has 0 aliphatic rings. The first-order chi connectivity index (χ1) is 9.72. The fraction of sp³-hybridized carbons (Fsp3) is 0.438. The number of likely N-dealkylation sites (N-methyl/N-ethyl adjacent to an activating group) is 1. The van der Waals surface area contributed by atoms with E-state index in [0.29, 0.717) is 0 Å². The number of benzene rings is 1. The van der Waals surface area contributed by atoms with Crippen molar-refractivity contribution in [2.24, 2.45) is 0 Å². The molecule has 1 N–H and O–H groups in total. The van der Waals surface area contributed by atoms with E-state index in [-0.39, 0.29) is 0 Å². The summed E-state index contributed by atoms with van der Waals surface area (Å²) in [7, 11) is 2.14. The number of aromatic nitrogens is 2. The first kappa shape index (κ1) is 14.8. The average Bonchev–Trinajstić information content (AvgIpc) is 2.85. The predicted molar refractivity (Wildman–Crippen MR) is 83.2 cm³/mol. The maximum Gasteiger partial charge on any atom is 0.110 e. The van der Waals surface area contributed by atoms with Crippen LogP contribution in [0.25, 0.3) is 5.69 Å². The Morgan fingerprint density at radius 2 is 2.00 bits per heavy atom. The third-order valence-corrected chi connectivity index (χ3v) is 3.54. The first-order valence-electron chi connectivity index (χ1n) is 7.20. The van der Waals surface area contributed by atoms with Gasteiger partial charge in [0.05, 0.1) is 11.9 Å². The van der Waals surface area contributed by atoms with Crippen LogP contribution in [0.1, 0.15) is 18.4 Å². The van der Waals surface area contributed by atoms with Crippen molar-refractivity contribution in [3.63, 3.8) is 0 Å². The highest BCUT2D eigenvalue weighted by molar-refractivity contribution is 5.35. The topological polar surface area (TPSA) is 33.1 Å². The molecular formula is C16H24N4. The molecule has 0 unspecified atom stereocenters. The van der Waals surface area contributed by atoms with Crippen molar-refractivity contribution in [1.29, 1.82) is 0 Å². The first-order valence-corrected chi connectivity index (χ1v) is 7.20. The number of rotatable bonds is 7. The van der Waals surface area contributed by atoms with Crippen molar-refractivity contribution < 1.29 is 0 Å². The second-order valence-electron chi connectivity index (χ2n) is 5.04. The Labute approximate surface area is 121 Å². The summed E-state index contributed by atoms with van der Waals surface area (Å²) in [5, 5.41) is 3.49. The minimum Gasteiger partial charge on any atom is -0.310 e. The summed E-state index contributed by atoms with van der Waals surface area (Å²) >= 11 is 0. The molecule has 2 aromatic rings. The van der Waals surface area contributed by atoms with Crippen LogP contribution < -0.4 is 5.32 Å². The van der Waals surface area contributed by atoms with E-state index in [1.165, 1.54) is 11.4 Å². The maximum absolute atomic E-state index is 4.44. The van der Waals surface area contributed by atoms with Gasteiger partial charge in [0.2, 0.25) is 0 Å². The summed E-state index contributed by atoms with van der Waals surface area (Å²) in [4.78, 5) is 6.73. The zero-order chi connectivity index (χ0) is 14.4. The molecule has 0 fully saturated rings. The Morgan fingerprint density at radius 1 is 1.25 bits per heavy atom. The number of hydrogen-bond donors (Lipinski definition) is 1. The van der Waals surface area contributed by atoms with E-state index in [4.69, 9.17) is 0 Å². The summed E-state index contributed by atoms with van der Waals surface area (Å²) in [5.41, 5.74) is 2.37. The van der Waals surface area contributed by atoms with Gasteiger partial charge in [0.1, 0.15) is 5.82 Å². The smallest absolute Gasteiger partial charge is 0.110 e. The van der Waals surface area contributed by atoms with Gasteiger partial charge in [0, 0.05) is 25.3 Å². The number of imidazole rings is 1. The Morgan fingerprint density at radius 3 is 2.70 bits per heavy atom. The second kappa shape index (κ2) is 7.22. The van der Waals surface area contributed by atoms with Gasteiger partial charge in [-0.05, 0) is 32.6 Å². The highest BCUT2D eigenvalue weighted by atomic mass is 15.1. The molecule has 1 aromatic heterocycles. The van der Waals surface area contributed by atoms with Crippen molar-refractivity contribution in [1.82, 2.24) is 19.8 Å². The summed E-state index contributed by atoms with van der Waals surface area (Å²) < 4.78 is 2.20. The molecule has 0 radical (unpaired) electrons. The molecule has 0 aliphatic heterocycles. The molecule has 0 saturated heterocycles. The lowest BCUT2D eigenvalue weighted by atomic mass is 10.3. The highest BCUT2D eigenvalue weighted by Crippen LogP contribution is 2.14. The van der Waals surface area contributed by atoms with Crippen LogP contribution in [-0.4, -0.2) is 41.1 Å². The van der Waals surface area contributed by atoms with Crippen LogP contribution in [0.2, 0.25) is 0 Å². The Kier molecular flexibility index (Phi) is 5.32. The molecule has 108 valence electrons. The lowest BCUT2D eigenvalue weighted by Crippen LogP contribution is -2.29. The predicted octanol–water partition coefficient (Wildman–Crippen LogP) is 2.22. The standard InChI is InChI=1S/C16H24N4/c1-4-19(3)11-10-17-12-16-13-18-14(2)20(16)15-8-6-5-7-9-15/h5-9,13,17H,4,10-12H2,1-3H3. The van der Waals surface area contributed by atoms with Crippen molar-refractivity contribution in [2.45, 2.75) is 20.4 Å². The Balaban J connectivity index is 1.99. The monoisotopic (exact) mass is 272 g/mol. The fourth-order valence-corrected chi connectivity index (χ4v) is 2.19. The molecule has 2 rings (SSSR count). The molecular weight excluding hydrogens is 248 g/mol. The van der Waals surface area contributed by atoms with Gasteiger partial charge in [0.15, 0.2) is 0 Å². The van der Waals surface area contributed by atoms with Gasteiger partial charge in [-0.3, -0.25) is 4.57 Å². The third-order valence-electron chi connectivity index (χ3n) is 3.54. The lowest BCUT2D eigenvalue weighted by molar-refractivity contribution is 0.348. The van der Waals surface area contributed by atoms with Gasteiger partial charge in [-0.15, -0.1) is 0 Å². The minimum absolute atomic E-state index is 0.841. The molecule has 0 bridgehead atoms. The number of nitrogens with zero attached hydrogens (tertiary/aromatic N) is 3. The van der Waals surface area contributed by atoms with Gasteiger partial charge in [0.25, 0.3) is 0 Å². The van der Waals surface area contributed by atoms with Gasteiger partial charge < -0.3 is 10.2 Å². The van der Waals surface area contributed by atoms with E-state index in [9.17, 15) is 0 Å². The zero-order valence-electron chi connectivity index (χ0n) is 12.6. The van der Waals surface area contributed by atoms with Gasteiger partial charge in [-0.2, -0.15) is 0 Å². The molecule has 1 aromatic carbocycles. The molecule has 4 nitrogen and oxygen atoms in total. The summed E-state index contributed by atoms with van der Waals surface area (Å²) in [5.74, 6) is 1.03. The van der Waals surface area contributed by atoms with Gasteiger partial charge in [-0.25, -0.2) is 4.98 Å². The van der Waals surface area contributed by atoms with Crippen LogP contribution in [0, 0.1) is 6.92 Å². The van der Waals surface area contributed by atoms with E-state index in [1.807, 2.05) is 19.2 Å². The molecule has 1 heterocycles. The van der Waals surface area contributed by atoms with Gasteiger partial charge >= 0.3 is 0 Å². The fourth-order valence-electron chi connectivity index (χ4n) is 2.19. The minimum atomic E-state index is 0.841. The van der Waals surface area contributed by atoms with Crippen molar-refractivity contribution in [3.8, 4) is 5.69 Å². The quantitative estimate of drug-likeness (QED) is 0.785. The van der Waals surface area contributed by atoms with E-state index < -0.39 is 0 Å². The highest BCUT2D eigenvalue weighted by Gasteiger charge is 2.07. The van der Waals surface area contributed by atoms with Crippen LogP contribution in [-0.2, 0) is 6.54 Å². The van der Waals surface area contributed by atoms with Crippen molar-refractivity contribution in [2.75, 3.05) is 26.7 Å². The van der Waals surface area contributed by atoms with E-state index in [0.717, 1.165) is 32.0 Å². The summed E-state index contributed by atoms with van der Waals surface area (Å²) in [6.07, 6.45) is 1.96. The molecule has 0 atom stereocenters. The van der Waals surface area contributed by atoms with Crippen LogP contribution in [0.15, 0.2) is 36.5 Å². The Hall–Kier alpha value is -1.65. The molecule has 20 heavy (non-hydrogen) atoms. The summed E-state index contributed by atoms with van der Waals surface area (Å²) in [6, 6.07) is 10.4. The molecule has 0 aliphatic carbocycles. The third kappa shape index (κ3) is 3.68. The van der Waals surface area contributed by atoms with Crippen molar-refractivity contribution in [3.05, 3.63) is 48.0 Å². The van der Waals surface area contributed by atoms with Crippen LogP contribution in [0.5, 0.6) is 0 Å². The van der Waals surface area contributed by atoms with Crippen LogP contribution >= 0.6 is 0 Å². The molecule has 0 spiro atoms. The van der Waals surface area contributed by atoms with Gasteiger partial charge in [-0.1, -0.05) is 25.1 Å². The van der Waals surface area contributed by atoms with Crippen LogP contribution in [0.4, 0.5) is 0 Å². The average molecular weight is 272 g/mol. The van der Waals surface area contributed by atoms with Crippen molar-refractivity contribution >= 4 is 0 Å². The second-order valence-corrected chi connectivity index (χ2v) is 5.04. The molecule has 0 saturated carbocycles. The molecule has 0 amide bonds. The number of nitrogens with one attached hydrogen (secondary N) is 1. The SMILES string of the molecule is CCN(C)CCNCc1cnc(C)n1-c1ccccc1. The summed E-state index contributed by atoms with van der Waals surface area (Å²) in [6.45, 7) is 8.20. The largest absolute Gasteiger partial charge is 0.310 e. The molecule has 4 heteroatoms. The number of para-hydroxylation sites is 1.